The number of hydrogen-bond acceptors (Lipinski definition) is 6. The van der Waals surface area contributed by atoms with Crippen molar-refractivity contribution in [1.82, 2.24) is 4.98 Å². The van der Waals surface area contributed by atoms with Gasteiger partial charge < -0.3 is 20.4 Å². The minimum atomic E-state index is -0.630. The van der Waals surface area contributed by atoms with Gasteiger partial charge in [0.05, 0.1) is 6.61 Å². The zero-order chi connectivity index (χ0) is 19.3. The molecule has 0 amide bonds. The molecule has 1 aromatic carbocycles. The number of ether oxygens (including phenoxy) is 1. The van der Waals surface area contributed by atoms with Crippen LogP contribution in [-0.4, -0.2) is 24.7 Å². The van der Waals surface area contributed by atoms with Gasteiger partial charge in [0.25, 0.3) is 5.56 Å². The number of nitrogens with one attached hydrogen (secondary N) is 1. The van der Waals surface area contributed by atoms with Crippen molar-refractivity contribution >= 4 is 11.5 Å². The predicted octanol–water partition coefficient (Wildman–Crippen LogP) is 2.61. The van der Waals surface area contributed by atoms with Gasteiger partial charge in [-0.25, -0.2) is 0 Å². The summed E-state index contributed by atoms with van der Waals surface area (Å²) in [5, 5.41) is 18.9. The first-order valence-electron chi connectivity index (χ1n) is 8.40. The fraction of sp³-hybridized carbons (Fsp3) is 0.316. The molecule has 1 aromatic heterocycles. The molecule has 7 heteroatoms. The summed E-state index contributed by atoms with van der Waals surface area (Å²) in [7, 11) is 0. The molecule has 0 aliphatic carbocycles. The van der Waals surface area contributed by atoms with Crippen LogP contribution in [0.5, 0.6) is 5.75 Å². The largest absolute Gasteiger partial charge is 0.493 e. The molecule has 0 aliphatic rings. The quantitative estimate of drug-likeness (QED) is 0.825. The Labute approximate surface area is 152 Å². The zero-order valence-corrected chi connectivity index (χ0v) is 15.1. The second-order valence-corrected chi connectivity index (χ2v) is 5.50. The Morgan fingerprint density at radius 3 is 2.35 bits per heavy atom. The topological polar surface area (TPSA) is 119 Å². The van der Waals surface area contributed by atoms with Gasteiger partial charge in [-0.1, -0.05) is 0 Å². The van der Waals surface area contributed by atoms with Crippen LogP contribution in [0.25, 0.3) is 11.1 Å². The minimum absolute atomic E-state index is 0.0534. The lowest BCUT2D eigenvalue weighted by atomic mass is 9.95. The van der Waals surface area contributed by atoms with Crippen LogP contribution < -0.4 is 20.9 Å². The molecular formula is C19H21N5O2. The fourth-order valence-electron chi connectivity index (χ4n) is 2.89. The highest BCUT2D eigenvalue weighted by Gasteiger charge is 2.21. The van der Waals surface area contributed by atoms with Gasteiger partial charge >= 0.3 is 0 Å². The Hall–Kier alpha value is -3.45. The van der Waals surface area contributed by atoms with Crippen molar-refractivity contribution in [2.24, 2.45) is 0 Å². The molecule has 3 N–H and O–H groups in total. The van der Waals surface area contributed by atoms with Gasteiger partial charge in [0.15, 0.2) is 0 Å². The molecule has 0 radical (unpaired) electrons. The van der Waals surface area contributed by atoms with Crippen molar-refractivity contribution < 1.29 is 4.74 Å². The van der Waals surface area contributed by atoms with Crippen molar-refractivity contribution in [3.8, 4) is 29.0 Å². The van der Waals surface area contributed by atoms with Gasteiger partial charge in [-0.05, 0) is 32.9 Å². The maximum absolute atomic E-state index is 12.2. The third kappa shape index (κ3) is 3.33. The molecular weight excluding hydrogens is 330 g/mol. The summed E-state index contributed by atoms with van der Waals surface area (Å²) in [4.78, 5) is 16.6. The Bertz CT molecular complexity index is 946. The molecule has 0 bridgehead atoms. The molecule has 0 spiro atoms. The van der Waals surface area contributed by atoms with Crippen molar-refractivity contribution in [1.29, 1.82) is 10.5 Å². The van der Waals surface area contributed by atoms with Gasteiger partial charge in [0.1, 0.15) is 34.8 Å². The average Bonchev–Trinajstić information content (AvgIpc) is 2.63. The number of nitrogen functional groups attached to an aromatic ring is 1. The second kappa shape index (κ2) is 8.09. The molecule has 0 aliphatic heterocycles. The van der Waals surface area contributed by atoms with Crippen LogP contribution in [0.1, 0.15) is 31.9 Å². The van der Waals surface area contributed by atoms with Crippen molar-refractivity contribution in [2.45, 2.75) is 20.8 Å². The number of anilines is 2. The van der Waals surface area contributed by atoms with Gasteiger partial charge in [-0.15, -0.1) is 0 Å². The normalized spacial score (nSPS) is 10.0. The van der Waals surface area contributed by atoms with Crippen LogP contribution in [0.4, 0.5) is 11.5 Å². The van der Waals surface area contributed by atoms with E-state index in [0.717, 1.165) is 18.8 Å². The van der Waals surface area contributed by atoms with Crippen LogP contribution in [0.3, 0.4) is 0 Å². The first-order valence-corrected chi connectivity index (χ1v) is 8.40. The molecule has 0 saturated heterocycles. The SMILES string of the molecule is CCOc1cc(N(CC)CC)ccc1-c1c(C#N)c(N)[nH]c(=O)c1C#N. The van der Waals surface area contributed by atoms with Crippen LogP contribution in [0.2, 0.25) is 0 Å². The van der Waals surface area contributed by atoms with Crippen LogP contribution >= 0.6 is 0 Å². The fourth-order valence-corrected chi connectivity index (χ4v) is 2.89. The summed E-state index contributed by atoms with van der Waals surface area (Å²) in [5.74, 6) is 0.427. The maximum Gasteiger partial charge on any atom is 0.268 e. The number of pyridine rings is 1. The number of nitrogens with two attached hydrogens (primary N) is 1. The first kappa shape index (κ1) is 18.9. The van der Waals surface area contributed by atoms with E-state index in [4.69, 9.17) is 10.5 Å². The van der Waals surface area contributed by atoms with Crippen LogP contribution in [0.15, 0.2) is 23.0 Å². The molecule has 0 saturated carbocycles. The molecule has 7 nitrogen and oxygen atoms in total. The Morgan fingerprint density at radius 2 is 1.81 bits per heavy atom. The lowest BCUT2D eigenvalue weighted by molar-refractivity contribution is 0.341. The summed E-state index contributed by atoms with van der Waals surface area (Å²) < 4.78 is 5.75. The molecule has 0 fully saturated rings. The van der Waals surface area contributed by atoms with Crippen molar-refractivity contribution in [3.05, 3.63) is 39.7 Å². The molecule has 0 atom stereocenters. The van der Waals surface area contributed by atoms with Gasteiger partial charge in [0, 0.05) is 36.0 Å². The molecule has 1 heterocycles. The standard InChI is InChI=1S/C19H21N5O2/c1-4-24(5-2)12-7-8-13(16(9-12)26-6-3)17-14(10-20)18(22)23-19(25)15(17)11-21/h7-9H,4-6H2,1-3H3,(H3,22,23,25). The third-order valence-electron chi connectivity index (χ3n) is 4.13. The Morgan fingerprint density at radius 1 is 1.15 bits per heavy atom. The zero-order valence-electron chi connectivity index (χ0n) is 15.1. The third-order valence-corrected chi connectivity index (χ3v) is 4.13. The van der Waals surface area contributed by atoms with E-state index in [1.54, 1.807) is 6.07 Å². The number of hydrogen-bond donors (Lipinski definition) is 2. The summed E-state index contributed by atoms with van der Waals surface area (Å²) in [6, 6.07) is 9.35. The second-order valence-electron chi connectivity index (χ2n) is 5.50. The predicted molar refractivity (Wildman–Crippen MR) is 101 cm³/mol. The Balaban J connectivity index is 2.83. The van der Waals surface area contributed by atoms with E-state index in [-0.39, 0.29) is 22.5 Å². The molecule has 134 valence electrons. The van der Waals surface area contributed by atoms with E-state index >= 15 is 0 Å². The highest BCUT2D eigenvalue weighted by Crippen LogP contribution is 2.37. The highest BCUT2D eigenvalue weighted by molar-refractivity contribution is 5.84. The smallest absolute Gasteiger partial charge is 0.268 e. The van der Waals surface area contributed by atoms with E-state index in [1.807, 2.05) is 31.2 Å². The molecule has 0 unspecified atom stereocenters. The number of rotatable bonds is 6. The molecule has 26 heavy (non-hydrogen) atoms. The van der Waals surface area contributed by atoms with E-state index in [2.05, 4.69) is 23.7 Å². The summed E-state index contributed by atoms with van der Waals surface area (Å²) in [6.45, 7) is 8.00. The van der Waals surface area contributed by atoms with E-state index in [9.17, 15) is 15.3 Å². The number of nitriles is 2. The van der Waals surface area contributed by atoms with Gasteiger partial charge in [-0.2, -0.15) is 10.5 Å². The molecule has 2 rings (SSSR count). The van der Waals surface area contributed by atoms with E-state index in [0.29, 0.717) is 17.9 Å². The van der Waals surface area contributed by atoms with Gasteiger partial charge in [0.2, 0.25) is 0 Å². The summed E-state index contributed by atoms with van der Waals surface area (Å²) >= 11 is 0. The minimum Gasteiger partial charge on any atom is -0.493 e. The number of aromatic nitrogens is 1. The lowest BCUT2D eigenvalue weighted by Gasteiger charge is -2.23. The monoisotopic (exact) mass is 351 g/mol. The summed E-state index contributed by atoms with van der Waals surface area (Å²) in [6.07, 6.45) is 0. The Kier molecular flexibility index (Phi) is 5.87. The summed E-state index contributed by atoms with van der Waals surface area (Å²) in [5.41, 5.74) is 6.72. The van der Waals surface area contributed by atoms with E-state index < -0.39 is 5.56 Å². The van der Waals surface area contributed by atoms with Gasteiger partial charge in [-0.3, -0.25) is 4.79 Å². The number of aromatic amines is 1. The highest BCUT2D eigenvalue weighted by atomic mass is 16.5. The van der Waals surface area contributed by atoms with Crippen molar-refractivity contribution in [2.75, 3.05) is 30.3 Å². The first-order chi connectivity index (χ1) is 12.5. The van der Waals surface area contributed by atoms with Crippen LogP contribution in [0, 0.1) is 22.7 Å². The average molecular weight is 351 g/mol. The number of nitrogens with zero attached hydrogens (tertiary/aromatic N) is 3. The van der Waals surface area contributed by atoms with Crippen LogP contribution in [-0.2, 0) is 0 Å². The van der Waals surface area contributed by atoms with Crippen molar-refractivity contribution in [3.63, 3.8) is 0 Å². The van der Waals surface area contributed by atoms with E-state index in [1.165, 1.54) is 0 Å². The number of H-pyrrole nitrogens is 1. The maximum atomic E-state index is 12.2. The lowest BCUT2D eigenvalue weighted by Crippen LogP contribution is -2.22. The number of benzene rings is 1. The molecule has 2 aromatic rings.